The highest BCUT2D eigenvalue weighted by molar-refractivity contribution is 5.77. The summed E-state index contributed by atoms with van der Waals surface area (Å²) < 4.78 is 7.03. The number of hydrogen-bond donors (Lipinski definition) is 0. The topological polar surface area (TPSA) is 64.4 Å². The summed E-state index contributed by atoms with van der Waals surface area (Å²) in [5, 5.41) is 0.586. The number of ether oxygens (including phenoxy) is 1. The minimum Gasteiger partial charge on any atom is -0.377 e. The normalized spacial score (nSPS) is 15.3. The Morgan fingerprint density at radius 3 is 2.85 bits per heavy atom. The number of para-hydroxylation sites is 1. The van der Waals surface area contributed by atoms with Crippen LogP contribution in [0.5, 0.6) is 0 Å². The second-order valence-corrected chi connectivity index (χ2v) is 6.66. The van der Waals surface area contributed by atoms with Crippen molar-refractivity contribution < 1.29 is 9.53 Å². The van der Waals surface area contributed by atoms with Gasteiger partial charge in [-0.05, 0) is 30.9 Å². The third-order valence-corrected chi connectivity index (χ3v) is 4.85. The predicted molar refractivity (Wildman–Crippen MR) is 101 cm³/mol. The van der Waals surface area contributed by atoms with Crippen molar-refractivity contribution in [1.29, 1.82) is 0 Å². The number of benzene rings is 1. The third-order valence-electron chi connectivity index (χ3n) is 4.85. The first kappa shape index (κ1) is 18.3. The second kappa shape index (κ2) is 8.76. The highest BCUT2D eigenvalue weighted by Crippen LogP contribution is 2.18. The summed E-state index contributed by atoms with van der Waals surface area (Å²) >= 11 is 0. The van der Waals surface area contributed by atoms with Gasteiger partial charge in [0.05, 0.1) is 23.8 Å². The molecule has 0 bridgehead atoms. The second-order valence-electron chi connectivity index (χ2n) is 6.66. The van der Waals surface area contributed by atoms with Crippen molar-refractivity contribution in [3.63, 3.8) is 0 Å². The molecule has 0 unspecified atom stereocenters. The van der Waals surface area contributed by atoms with Crippen LogP contribution in [-0.4, -0.2) is 46.7 Å². The molecule has 2 heterocycles. The van der Waals surface area contributed by atoms with Crippen molar-refractivity contribution in [3.05, 3.63) is 53.6 Å². The third kappa shape index (κ3) is 4.38. The number of hydrogen-bond acceptors (Lipinski definition) is 4. The maximum absolute atomic E-state index is 12.5. The Hall–Kier alpha value is -2.47. The van der Waals surface area contributed by atoms with Gasteiger partial charge in [-0.2, -0.15) is 0 Å². The van der Waals surface area contributed by atoms with Gasteiger partial charge in [0, 0.05) is 32.7 Å². The zero-order chi connectivity index (χ0) is 18.4. The fourth-order valence-corrected chi connectivity index (χ4v) is 3.31. The summed E-state index contributed by atoms with van der Waals surface area (Å²) in [6.07, 6.45) is 5.52. The largest absolute Gasteiger partial charge is 0.377 e. The van der Waals surface area contributed by atoms with E-state index in [2.05, 4.69) is 11.6 Å². The molecule has 0 spiro atoms. The molecule has 0 aliphatic carbocycles. The van der Waals surface area contributed by atoms with Crippen LogP contribution in [0, 0.1) is 5.92 Å². The standard InChI is InChI=1S/C20H25N3O3/c1-2-13-26-14-16-7-10-22(11-8-16)19(24)9-12-23-15-21-18-6-4-3-5-17(18)20(23)25/h2-6,15-16H,1,7-14H2. The number of amides is 1. The number of nitrogens with zero attached hydrogens (tertiary/aromatic N) is 3. The van der Waals surface area contributed by atoms with Gasteiger partial charge in [-0.3, -0.25) is 14.2 Å². The summed E-state index contributed by atoms with van der Waals surface area (Å²) in [6, 6.07) is 7.26. The minimum atomic E-state index is -0.0959. The number of carbonyl (C=O) groups is 1. The Kier molecular flexibility index (Phi) is 6.17. The molecule has 2 aromatic rings. The van der Waals surface area contributed by atoms with Gasteiger partial charge in [0.15, 0.2) is 0 Å². The molecule has 0 N–H and O–H groups in total. The van der Waals surface area contributed by atoms with E-state index in [9.17, 15) is 9.59 Å². The molecule has 0 atom stereocenters. The van der Waals surface area contributed by atoms with Crippen LogP contribution in [0.15, 0.2) is 48.0 Å². The monoisotopic (exact) mass is 355 g/mol. The van der Waals surface area contributed by atoms with Gasteiger partial charge in [0.1, 0.15) is 0 Å². The first-order chi connectivity index (χ1) is 12.7. The van der Waals surface area contributed by atoms with E-state index in [0.29, 0.717) is 36.4 Å². The number of rotatable bonds is 7. The summed E-state index contributed by atoms with van der Waals surface area (Å²) in [5.74, 6) is 0.599. The molecule has 6 nitrogen and oxygen atoms in total. The minimum absolute atomic E-state index is 0.0931. The zero-order valence-corrected chi connectivity index (χ0v) is 15.0. The van der Waals surface area contributed by atoms with E-state index < -0.39 is 0 Å². The van der Waals surface area contributed by atoms with Crippen LogP contribution in [0.2, 0.25) is 0 Å². The molecule has 1 aromatic heterocycles. The SMILES string of the molecule is C=CCOCC1CCN(C(=O)CCn2cnc3ccccc3c2=O)CC1. The Bertz CT molecular complexity index is 822. The first-order valence-corrected chi connectivity index (χ1v) is 9.09. The fraction of sp³-hybridized carbons (Fsp3) is 0.450. The van der Waals surface area contributed by atoms with Crippen molar-refractivity contribution in [3.8, 4) is 0 Å². The summed E-state index contributed by atoms with van der Waals surface area (Å²) in [4.78, 5) is 31.1. The lowest BCUT2D eigenvalue weighted by Crippen LogP contribution is -2.40. The van der Waals surface area contributed by atoms with Crippen molar-refractivity contribution >= 4 is 16.8 Å². The lowest BCUT2D eigenvalue weighted by Gasteiger charge is -2.32. The van der Waals surface area contributed by atoms with Gasteiger partial charge >= 0.3 is 0 Å². The van der Waals surface area contributed by atoms with Gasteiger partial charge in [0.25, 0.3) is 5.56 Å². The predicted octanol–water partition coefficient (Wildman–Crippen LogP) is 2.23. The average molecular weight is 355 g/mol. The fourth-order valence-electron chi connectivity index (χ4n) is 3.31. The molecule has 3 rings (SSSR count). The van der Waals surface area contributed by atoms with E-state index >= 15 is 0 Å². The van der Waals surface area contributed by atoms with Crippen LogP contribution in [-0.2, 0) is 16.1 Å². The number of aromatic nitrogens is 2. The van der Waals surface area contributed by atoms with Crippen molar-refractivity contribution in [2.75, 3.05) is 26.3 Å². The Balaban J connectivity index is 1.51. The van der Waals surface area contributed by atoms with Gasteiger partial charge in [0.2, 0.25) is 5.91 Å². The van der Waals surface area contributed by atoms with Crippen molar-refractivity contribution in [1.82, 2.24) is 14.5 Å². The van der Waals surface area contributed by atoms with Gasteiger partial charge in [-0.25, -0.2) is 4.98 Å². The molecule has 0 radical (unpaired) electrons. The van der Waals surface area contributed by atoms with E-state index in [1.54, 1.807) is 12.1 Å². The van der Waals surface area contributed by atoms with Gasteiger partial charge < -0.3 is 9.64 Å². The average Bonchev–Trinajstić information content (AvgIpc) is 2.68. The summed E-state index contributed by atoms with van der Waals surface area (Å²) in [7, 11) is 0. The molecule has 1 aromatic carbocycles. The smallest absolute Gasteiger partial charge is 0.261 e. The maximum atomic E-state index is 12.5. The van der Waals surface area contributed by atoms with Crippen LogP contribution in [0.25, 0.3) is 10.9 Å². The Labute approximate surface area is 153 Å². The van der Waals surface area contributed by atoms with E-state index in [1.165, 1.54) is 10.9 Å². The number of aryl methyl sites for hydroxylation is 1. The maximum Gasteiger partial charge on any atom is 0.261 e. The number of fused-ring (bicyclic) bond motifs is 1. The summed E-state index contributed by atoms with van der Waals surface area (Å²) in [5.41, 5.74) is 0.585. The lowest BCUT2D eigenvalue weighted by molar-refractivity contribution is -0.133. The molecule has 1 amide bonds. The first-order valence-electron chi connectivity index (χ1n) is 9.09. The Morgan fingerprint density at radius 2 is 2.08 bits per heavy atom. The van der Waals surface area contributed by atoms with Crippen molar-refractivity contribution in [2.45, 2.75) is 25.8 Å². The Morgan fingerprint density at radius 1 is 1.31 bits per heavy atom. The molecule has 1 aliphatic heterocycles. The summed E-state index contributed by atoms with van der Waals surface area (Å²) in [6.45, 7) is 6.82. The van der Waals surface area contributed by atoms with Crippen molar-refractivity contribution in [2.24, 2.45) is 5.92 Å². The molecule has 1 aliphatic rings. The molecule has 26 heavy (non-hydrogen) atoms. The highest BCUT2D eigenvalue weighted by Gasteiger charge is 2.22. The molecular weight excluding hydrogens is 330 g/mol. The van der Waals surface area contributed by atoms with Crippen LogP contribution in [0.1, 0.15) is 19.3 Å². The number of piperidine rings is 1. The molecule has 0 saturated carbocycles. The van der Waals surface area contributed by atoms with Crippen LogP contribution in [0.3, 0.4) is 0 Å². The van der Waals surface area contributed by atoms with E-state index in [4.69, 9.17) is 4.74 Å². The van der Waals surface area contributed by atoms with Crippen LogP contribution < -0.4 is 5.56 Å². The van der Waals surface area contributed by atoms with E-state index in [-0.39, 0.29) is 11.5 Å². The van der Waals surface area contributed by atoms with Gasteiger partial charge in [-0.15, -0.1) is 6.58 Å². The van der Waals surface area contributed by atoms with E-state index in [1.807, 2.05) is 23.1 Å². The highest BCUT2D eigenvalue weighted by atomic mass is 16.5. The quantitative estimate of drug-likeness (QED) is 0.564. The van der Waals surface area contributed by atoms with E-state index in [0.717, 1.165) is 32.5 Å². The lowest BCUT2D eigenvalue weighted by atomic mass is 9.97. The molecule has 6 heteroatoms. The van der Waals surface area contributed by atoms with Crippen LogP contribution in [0.4, 0.5) is 0 Å². The molecular formula is C20H25N3O3. The molecule has 1 saturated heterocycles. The molecule has 138 valence electrons. The zero-order valence-electron chi connectivity index (χ0n) is 15.0. The molecule has 1 fully saturated rings. The van der Waals surface area contributed by atoms with Gasteiger partial charge in [-0.1, -0.05) is 18.2 Å². The van der Waals surface area contributed by atoms with Crippen LogP contribution >= 0.6 is 0 Å². The number of likely N-dealkylation sites (tertiary alicyclic amines) is 1. The number of carbonyl (C=O) groups excluding carboxylic acids is 1.